The van der Waals surface area contributed by atoms with Crippen LogP contribution < -0.4 is 5.32 Å². The van der Waals surface area contributed by atoms with Crippen molar-refractivity contribution in [1.82, 2.24) is 15.1 Å². The van der Waals surface area contributed by atoms with Crippen molar-refractivity contribution in [3.63, 3.8) is 0 Å². The van der Waals surface area contributed by atoms with Crippen molar-refractivity contribution in [3.8, 4) is 0 Å². The predicted molar refractivity (Wildman–Crippen MR) is 82.3 cm³/mol. The first-order valence-electron chi connectivity index (χ1n) is 8.14. The first-order chi connectivity index (χ1) is 10.8. The van der Waals surface area contributed by atoms with E-state index in [1.165, 1.54) is 6.92 Å². The van der Waals surface area contributed by atoms with Crippen molar-refractivity contribution >= 4 is 5.91 Å². The van der Waals surface area contributed by atoms with Crippen LogP contribution >= 0.6 is 0 Å². The van der Waals surface area contributed by atoms with Crippen LogP contribution in [0.4, 0.5) is 8.78 Å². The molecule has 1 aliphatic rings. The Balaban J connectivity index is 1.95. The minimum absolute atomic E-state index is 0.000463. The summed E-state index contributed by atoms with van der Waals surface area (Å²) in [6.07, 6.45) is 5.53. The minimum atomic E-state index is -2.71. The number of hydrogen-bond acceptors (Lipinski definition) is 3. The van der Waals surface area contributed by atoms with E-state index in [9.17, 15) is 18.7 Å². The van der Waals surface area contributed by atoms with E-state index in [2.05, 4.69) is 10.4 Å². The second-order valence-electron chi connectivity index (χ2n) is 6.46. The molecule has 23 heavy (non-hydrogen) atoms. The average Bonchev–Trinajstić information content (AvgIpc) is 2.67. The number of aromatic nitrogens is 2. The van der Waals surface area contributed by atoms with Crippen LogP contribution in [0.3, 0.4) is 0 Å². The van der Waals surface area contributed by atoms with Gasteiger partial charge in [0.2, 0.25) is 5.91 Å². The van der Waals surface area contributed by atoms with Gasteiger partial charge in [0, 0.05) is 17.8 Å². The maximum Gasteiger partial charge on any atom is 0.333 e. The standard InChI is InChI=1S/C16H25F2N3O2/c1-11-13(12(2)21(20-11)15(17)18)9-14(22)19-10-16(23)7-5-3-4-6-8-16/h15,23H,3-10H2,1-2H3,(H,19,22). The molecule has 0 aliphatic heterocycles. The van der Waals surface area contributed by atoms with Gasteiger partial charge in [-0.15, -0.1) is 0 Å². The number of amides is 1. The third-order valence-electron chi connectivity index (χ3n) is 4.65. The highest BCUT2D eigenvalue weighted by atomic mass is 19.3. The molecule has 1 amide bonds. The van der Waals surface area contributed by atoms with Gasteiger partial charge < -0.3 is 10.4 Å². The summed E-state index contributed by atoms with van der Waals surface area (Å²) in [5.41, 5.74) is 0.422. The SMILES string of the molecule is Cc1nn(C(F)F)c(C)c1CC(=O)NCC1(O)CCCCCC1. The Hall–Kier alpha value is -1.50. The number of nitrogens with zero attached hydrogens (tertiary/aromatic N) is 2. The lowest BCUT2D eigenvalue weighted by Gasteiger charge is -2.26. The van der Waals surface area contributed by atoms with E-state index in [-0.39, 0.29) is 18.9 Å². The molecule has 5 nitrogen and oxygen atoms in total. The van der Waals surface area contributed by atoms with Gasteiger partial charge in [0.15, 0.2) is 0 Å². The Morgan fingerprint density at radius 2 is 1.91 bits per heavy atom. The molecule has 1 heterocycles. The van der Waals surface area contributed by atoms with Gasteiger partial charge in [0.25, 0.3) is 0 Å². The van der Waals surface area contributed by atoms with E-state index in [1.807, 2.05) is 0 Å². The van der Waals surface area contributed by atoms with Crippen LogP contribution in [0.15, 0.2) is 0 Å². The van der Waals surface area contributed by atoms with Crippen LogP contribution in [0.2, 0.25) is 0 Å². The fourth-order valence-corrected chi connectivity index (χ4v) is 3.19. The molecule has 1 saturated carbocycles. The summed E-state index contributed by atoms with van der Waals surface area (Å²) >= 11 is 0. The maximum atomic E-state index is 12.8. The molecular formula is C16H25F2N3O2. The highest BCUT2D eigenvalue weighted by molar-refractivity contribution is 5.79. The Morgan fingerprint density at radius 3 is 2.43 bits per heavy atom. The Bertz CT molecular complexity index is 550. The van der Waals surface area contributed by atoms with Crippen LogP contribution in [-0.4, -0.2) is 32.9 Å². The molecule has 0 spiro atoms. The Morgan fingerprint density at radius 1 is 1.30 bits per heavy atom. The molecule has 1 aliphatic carbocycles. The molecule has 0 radical (unpaired) electrons. The summed E-state index contributed by atoms with van der Waals surface area (Å²) in [6, 6.07) is 0. The van der Waals surface area contributed by atoms with E-state index < -0.39 is 12.2 Å². The second-order valence-corrected chi connectivity index (χ2v) is 6.46. The van der Waals surface area contributed by atoms with Gasteiger partial charge in [-0.05, 0) is 26.7 Å². The van der Waals surface area contributed by atoms with Crippen molar-refractivity contribution in [1.29, 1.82) is 0 Å². The summed E-state index contributed by atoms with van der Waals surface area (Å²) in [5, 5.41) is 17.0. The van der Waals surface area contributed by atoms with Crippen molar-refractivity contribution in [2.24, 2.45) is 0 Å². The number of aliphatic hydroxyl groups is 1. The van der Waals surface area contributed by atoms with E-state index in [4.69, 9.17) is 0 Å². The summed E-state index contributed by atoms with van der Waals surface area (Å²) in [4.78, 5) is 12.1. The van der Waals surface area contributed by atoms with Gasteiger partial charge in [0.05, 0.1) is 17.7 Å². The number of carbonyl (C=O) groups excluding carboxylic acids is 1. The van der Waals surface area contributed by atoms with E-state index >= 15 is 0 Å². The zero-order valence-electron chi connectivity index (χ0n) is 13.7. The number of alkyl halides is 2. The van der Waals surface area contributed by atoms with E-state index in [1.54, 1.807) is 6.92 Å². The lowest BCUT2D eigenvalue weighted by atomic mass is 9.94. The van der Waals surface area contributed by atoms with E-state index in [0.29, 0.717) is 34.5 Å². The Kier molecular flexibility index (Phi) is 5.73. The first kappa shape index (κ1) is 17.8. The molecule has 0 saturated heterocycles. The summed E-state index contributed by atoms with van der Waals surface area (Å²) < 4.78 is 26.2. The van der Waals surface area contributed by atoms with Crippen LogP contribution in [0.25, 0.3) is 0 Å². The fraction of sp³-hybridized carbons (Fsp3) is 0.750. The summed E-state index contributed by atoms with van der Waals surface area (Å²) in [7, 11) is 0. The topological polar surface area (TPSA) is 67.2 Å². The van der Waals surface area contributed by atoms with Crippen molar-refractivity contribution < 1.29 is 18.7 Å². The molecular weight excluding hydrogens is 304 g/mol. The lowest BCUT2D eigenvalue weighted by molar-refractivity contribution is -0.121. The number of halogens is 2. The number of aryl methyl sites for hydroxylation is 1. The fourth-order valence-electron chi connectivity index (χ4n) is 3.19. The second kappa shape index (κ2) is 7.38. The number of rotatable bonds is 5. The van der Waals surface area contributed by atoms with Gasteiger partial charge in [0.1, 0.15) is 0 Å². The molecule has 2 N–H and O–H groups in total. The molecule has 1 fully saturated rings. The van der Waals surface area contributed by atoms with Crippen LogP contribution in [-0.2, 0) is 11.2 Å². The normalized spacial score (nSPS) is 18.0. The van der Waals surface area contributed by atoms with Crippen molar-refractivity contribution in [3.05, 3.63) is 17.0 Å². The molecule has 2 rings (SSSR count). The molecule has 1 aromatic heterocycles. The molecule has 0 aromatic carbocycles. The van der Waals surface area contributed by atoms with Gasteiger partial charge in [-0.25, -0.2) is 4.68 Å². The maximum absolute atomic E-state index is 12.8. The number of hydrogen-bond donors (Lipinski definition) is 2. The van der Waals surface area contributed by atoms with Crippen molar-refractivity contribution in [2.75, 3.05) is 6.54 Å². The summed E-state index contributed by atoms with van der Waals surface area (Å²) in [6.45, 7) is 0.658. The molecule has 0 unspecified atom stereocenters. The van der Waals surface area contributed by atoms with Gasteiger partial charge in [-0.3, -0.25) is 4.79 Å². The lowest BCUT2D eigenvalue weighted by Crippen LogP contribution is -2.43. The minimum Gasteiger partial charge on any atom is -0.388 e. The van der Waals surface area contributed by atoms with E-state index in [0.717, 1.165) is 25.7 Å². The molecule has 7 heteroatoms. The Labute approximate surface area is 135 Å². The van der Waals surface area contributed by atoms with Crippen LogP contribution in [0, 0.1) is 13.8 Å². The van der Waals surface area contributed by atoms with Gasteiger partial charge in [-0.1, -0.05) is 25.7 Å². The average molecular weight is 329 g/mol. The molecule has 130 valence electrons. The highest BCUT2D eigenvalue weighted by Crippen LogP contribution is 2.26. The van der Waals surface area contributed by atoms with Crippen molar-refractivity contribution in [2.45, 2.75) is 70.9 Å². The zero-order chi connectivity index (χ0) is 17.0. The summed E-state index contributed by atoms with van der Waals surface area (Å²) in [5.74, 6) is -0.275. The monoisotopic (exact) mass is 329 g/mol. The zero-order valence-corrected chi connectivity index (χ0v) is 13.7. The predicted octanol–water partition coefficient (Wildman–Crippen LogP) is 2.64. The first-order valence-corrected chi connectivity index (χ1v) is 8.14. The number of nitrogens with one attached hydrogen (secondary N) is 1. The smallest absolute Gasteiger partial charge is 0.333 e. The van der Waals surface area contributed by atoms with Crippen LogP contribution in [0.5, 0.6) is 0 Å². The van der Waals surface area contributed by atoms with Gasteiger partial charge in [-0.2, -0.15) is 13.9 Å². The highest BCUT2D eigenvalue weighted by Gasteiger charge is 2.28. The van der Waals surface area contributed by atoms with Crippen LogP contribution in [0.1, 0.15) is 62.0 Å². The van der Waals surface area contributed by atoms with Gasteiger partial charge >= 0.3 is 6.55 Å². The quantitative estimate of drug-likeness (QED) is 0.816. The largest absolute Gasteiger partial charge is 0.388 e. The third kappa shape index (κ3) is 4.50. The molecule has 0 bridgehead atoms. The molecule has 1 aromatic rings. The molecule has 0 atom stereocenters. The third-order valence-corrected chi connectivity index (χ3v) is 4.65. The number of carbonyl (C=O) groups is 1.